The van der Waals surface area contributed by atoms with Gasteiger partial charge in [-0.3, -0.25) is 4.79 Å². The number of nitrogens with zero attached hydrogens (tertiary/aromatic N) is 3. The van der Waals surface area contributed by atoms with Crippen LogP contribution in [0.1, 0.15) is 34.6 Å². The molecule has 0 N–H and O–H groups in total. The number of aromatic nitrogens is 2. The van der Waals surface area contributed by atoms with Crippen LogP contribution in [0.5, 0.6) is 0 Å². The number of halogens is 1. The average Bonchev–Trinajstić information content (AvgIpc) is 3.40. The summed E-state index contributed by atoms with van der Waals surface area (Å²) in [7, 11) is 0. The highest BCUT2D eigenvalue weighted by Gasteiger charge is 2.33. The molecule has 132 valence electrons. The number of rotatable bonds is 5. The number of hydrogen-bond acceptors (Lipinski definition) is 4. The molecule has 0 unspecified atom stereocenters. The SMILES string of the molecule is Cc1noc(-c2ccc(C(=O)N(Cc3cccc(Br)c3)C3CC3)cc2)n1. The molecular weight excluding hydrogens is 394 g/mol. The van der Waals surface area contributed by atoms with E-state index in [0.29, 0.717) is 29.9 Å². The molecule has 0 aliphatic heterocycles. The second-order valence-corrected chi connectivity index (χ2v) is 7.43. The molecule has 0 atom stereocenters. The highest BCUT2D eigenvalue weighted by molar-refractivity contribution is 9.10. The second kappa shape index (κ2) is 7.03. The largest absolute Gasteiger partial charge is 0.334 e. The Labute approximate surface area is 160 Å². The van der Waals surface area contributed by atoms with Crippen LogP contribution < -0.4 is 0 Å². The van der Waals surface area contributed by atoms with E-state index in [2.05, 4.69) is 38.2 Å². The summed E-state index contributed by atoms with van der Waals surface area (Å²) < 4.78 is 6.20. The average molecular weight is 412 g/mol. The van der Waals surface area contributed by atoms with Crippen molar-refractivity contribution >= 4 is 21.8 Å². The van der Waals surface area contributed by atoms with E-state index in [4.69, 9.17) is 4.52 Å². The van der Waals surface area contributed by atoms with E-state index < -0.39 is 0 Å². The topological polar surface area (TPSA) is 59.2 Å². The Hall–Kier alpha value is -2.47. The summed E-state index contributed by atoms with van der Waals surface area (Å²) in [6, 6.07) is 15.8. The Morgan fingerprint density at radius 2 is 2.00 bits per heavy atom. The van der Waals surface area contributed by atoms with Crippen LogP contribution in [0.2, 0.25) is 0 Å². The van der Waals surface area contributed by atoms with Crippen LogP contribution in [0.3, 0.4) is 0 Å². The fourth-order valence-electron chi connectivity index (χ4n) is 2.92. The number of amides is 1. The zero-order valence-electron chi connectivity index (χ0n) is 14.4. The monoisotopic (exact) mass is 411 g/mol. The van der Waals surface area contributed by atoms with Gasteiger partial charge in [0.15, 0.2) is 5.82 Å². The molecule has 26 heavy (non-hydrogen) atoms. The van der Waals surface area contributed by atoms with Crippen LogP contribution in [0.4, 0.5) is 0 Å². The first-order valence-electron chi connectivity index (χ1n) is 8.56. The van der Waals surface area contributed by atoms with Gasteiger partial charge in [-0.15, -0.1) is 0 Å². The van der Waals surface area contributed by atoms with Crippen LogP contribution in [0.15, 0.2) is 57.5 Å². The maximum Gasteiger partial charge on any atom is 0.257 e. The third kappa shape index (κ3) is 3.70. The number of benzene rings is 2. The van der Waals surface area contributed by atoms with Gasteiger partial charge >= 0.3 is 0 Å². The van der Waals surface area contributed by atoms with E-state index in [-0.39, 0.29) is 5.91 Å². The molecule has 1 fully saturated rings. The molecule has 1 heterocycles. The molecule has 3 aromatic rings. The standard InChI is InChI=1S/C20H18BrN3O2/c1-13-22-19(26-23-13)15-5-7-16(8-6-15)20(25)24(18-9-10-18)12-14-3-2-4-17(21)11-14/h2-8,11,18H,9-10,12H2,1H3. The van der Waals surface area contributed by atoms with Gasteiger partial charge < -0.3 is 9.42 Å². The molecule has 1 saturated carbocycles. The van der Waals surface area contributed by atoms with E-state index in [1.54, 1.807) is 6.92 Å². The summed E-state index contributed by atoms with van der Waals surface area (Å²) in [5.41, 5.74) is 2.61. The summed E-state index contributed by atoms with van der Waals surface area (Å²) in [5, 5.41) is 3.80. The number of carbonyl (C=O) groups is 1. The Bertz CT molecular complexity index is 932. The molecule has 0 spiro atoms. The van der Waals surface area contributed by atoms with Crippen LogP contribution in [-0.2, 0) is 6.54 Å². The fourth-order valence-corrected chi connectivity index (χ4v) is 3.37. The lowest BCUT2D eigenvalue weighted by molar-refractivity contribution is 0.0730. The molecule has 6 heteroatoms. The molecule has 2 aromatic carbocycles. The Balaban J connectivity index is 1.54. The van der Waals surface area contributed by atoms with Gasteiger partial charge in [0.25, 0.3) is 11.8 Å². The lowest BCUT2D eigenvalue weighted by Gasteiger charge is -2.23. The van der Waals surface area contributed by atoms with Gasteiger partial charge in [-0.1, -0.05) is 33.2 Å². The van der Waals surface area contributed by atoms with Gasteiger partial charge in [0.05, 0.1) is 0 Å². The molecule has 0 bridgehead atoms. The van der Waals surface area contributed by atoms with Crippen LogP contribution in [-0.4, -0.2) is 27.0 Å². The molecule has 4 rings (SSSR count). The summed E-state index contributed by atoms with van der Waals surface area (Å²) in [5.74, 6) is 1.12. The number of carbonyl (C=O) groups excluding carboxylic acids is 1. The molecule has 0 saturated heterocycles. The normalized spacial score (nSPS) is 13.6. The molecule has 0 radical (unpaired) electrons. The highest BCUT2D eigenvalue weighted by atomic mass is 79.9. The summed E-state index contributed by atoms with van der Waals surface area (Å²) in [6.45, 7) is 2.40. The third-order valence-corrected chi connectivity index (χ3v) is 4.89. The van der Waals surface area contributed by atoms with E-state index in [9.17, 15) is 4.79 Å². The fraction of sp³-hybridized carbons (Fsp3) is 0.250. The van der Waals surface area contributed by atoms with Crippen LogP contribution in [0.25, 0.3) is 11.5 Å². The summed E-state index contributed by atoms with van der Waals surface area (Å²) in [4.78, 5) is 19.2. The minimum absolute atomic E-state index is 0.0562. The van der Waals surface area contributed by atoms with Gasteiger partial charge in [-0.25, -0.2) is 0 Å². The Morgan fingerprint density at radius 1 is 1.23 bits per heavy atom. The van der Waals surface area contributed by atoms with Crippen molar-refractivity contribution in [1.29, 1.82) is 0 Å². The Kier molecular flexibility index (Phi) is 4.59. The first-order chi connectivity index (χ1) is 12.6. The van der Waals surface area contributed by atoms with Crippen molar-refractivity contribution < 1.29 is 9.32 Å². The van der Waals surface area contributed by atoms with Crippen LogP contribution >= 0.6 is 15.9 Å². The number of aryl methyl sites for hydroxylation is 1. The molecule has 1 amide bonds. The Morgan fingerprint density at radius 3 is 2.62 bits per heavy atom. The van der Waals surface area contributed by atoms with Crippen molar-refractivity contribution in [2.75, 3.05) is 0 Å². The molecule has 1 aliphatic carbocycles. The van der Waals surface area contributed by atoms with E-state index in [1.807, 2.05) is 41.3 Å². The second-order valence-electron chi connectivity index (χ2n) is 6.52. The minimum Gasteiger partial charge on any atom is -0.334 e. The molecule has 1 aromatic heterocycles. The quantitative estimate of drug-likeness (QED) is 0.614. The van der Waals surface area contributed by atoms with E-state index in [0.717, 1.165) is 28.4 Å². The van der Waals surface area contributed by atoms with Crippen molar-refractivity contribution in [1.82, 2.24) is 15.0 Å². The minimum atomic E-state index is 0.0562. The molecule has 1 aliphatic rings. The summed E-state index contributed by atoms with van der Waals surface area (Å²) in [6.07, 6.45) is 2.14. The van der Waals surface area contributed by atoms with Crippen molar-refractivity contribution in [3.05, 3.63) is 70.0 Å². The first-order valence-corrected chi connectivity index (χ1v) is 9.35. The van der Waals surface area contributed by atoms with Crippen molar-refractivity contribution in [2.24, 2.45) is 0 Å². The molecule has 5 nitrogen and oxygen atoms in total. The maximum atomic E-state index is 13.0. The highest BCUT2D eigenvalue weighted by Crippen LogP contribution is 2.30. The van der Waals surface area contributed by atoms with E-state index >= 15 is 0 Å². The van der Waals surface area contributed by atoms with Gasteiger partial charge in [0.1, 0.15) is 0 Å². The first kappa shape index (κ1) is 17.0. The maximum absolute atomic E-state index is 13.0. The van der Waals surface area contributed by atoms with Gasteiger partial charge in [-0.2, -0.15) is 4.98 Å². The van der Waals surface area contributed by atoms with Crippen molar-refractivity contribution in [2.45, 2.75) is 32.4 Å². The third-order valence-electron chi connectivity index (χ3n) is 4.40. The smallest absolute Gasteiger partial charge is 0.257 e. The predicted molar refractivity (Wildman–Crippen MR) is 102 cm³/mol. The lowest BCUT2D eigenvalue weighted by Crippen LogP contribution is -2.32. The van der Waals surface area contributed by atoms with E-state index in [1.165, 1.54) is 0 Å². The van der Waals surface area contributed by atoms with Gasteiger partial charge in [0, 0.05) is 28.2 Å². The number of hydrogen-bond donors (Lipinski definition) is 0. The summed E-state index contributed by atoms with van der Waals surface area (Å²) >= 11 is 3.50. The molecular formula is C20H18BrN3O2. The predicted octanol–water partition coefficient (Wildman–Crippen LogP) is 4.61. The lowest BCUT2D eigenvalue weighted by atomic mass is 10.1. The van der Waals surface area contributed by atoms with Gasteiger partial charge in [-0.05, 0) is 61.7 Å². The van der Waals surface area contributed by atoms with Crippen molar-refractivity contribution in [3.8, 4) is 11.5 Å². The zero-order valence-corrected chi connectivity index (χ0v) is 15.9. The zero-order chi connectivity index (χ0) is 18.1. The van der Waals surface area contributed by atoms with Crippen LogP contribution in [0, 0.1) is 6.92 Å². The van der Waals surface area contributed by atoms with Gasteiger partial charge in [0.2, 0.25) is 0 Å². The van der Waals surface area contributed by atoms with Crippen molar-refractivity contribution in [3.63, 3.8) is 0 Å².